The Morgan fingerprint density at radius 1 is 1.07 bits per heavy atom. The molecule has 142 valence electrons. The molecule has 5 heteroatoms. The number of rotatable bonds is 7. The minimum Gasteiger partial charge on any atom is -0.481 e. The Hall–Kier alpha value is -2.66. The Kier molecular flexibility index (Phi) is 5.91. The smallest absolute Gasteiger partial charge is 0.313 e. The minimum absolute atomic E-state index is 0.0992. The highest BCUT2D eigenvalue weighted by atomic mass is 16.5. The summed E-state index contributed by atoms with van der Waals surface area (Å²) in [5, 5.41) is 9.61. The number of nitrogens with zero attached hydrogens (tertiary/aromatic N) is 1. The molecule has 0 spiro atoms. The van der Waals surface area contributed by atoms with Gasteiger partial charge in [0.15, 0.2) is 0 Å². The van der Waals surface area contributed by atoms with Crippen LogP contribution in [-0.4, -0.2) is 48.7 Å². The molecule has 0 saturated carbocycles. The number of amides is 1. The summed E-state index contributed by atoms with van der Waals surface area (Å²) in [5.41, 5.74) is 1.87. The number of likely N-dealkylation sites (tertiary alicyclic amines) is 1. The predicted octanol–water partition coefficient (Wildman–Crippen LogP) is 3.04. The van der Waals surface area contributed by atoms with Gasteiger partial charge in [0.05, 0.1) is 6.61 Å². The molecule has 2 aromatic carbocycles. The van der Waals surface area contributed by atoms with E-state index in [1.54, 1.807) is 4.90 Å². The van der Waals surface area contributed by atoms with E-state index >= 15 is 0 Å². The van der Waals surface area contributed by atoms with Crippen molar-refractivity contribution in [3.8, 4) is 0 Å². The zero-order valence-electron chi connectivity index (χ0n) is 15.6. The third-order valence-corrected chi connectivity index (χ3v) is 5.29. The van der Waals surface area contributed by atoms with Gasteiger partial charge in [0.2, 0.25) is 0 Å². The third kappa shape index (κ3) is 4.19. The fourth-order valence-electron chi connectivity index (χ4n) is 3.72. The van der Waals surface area contributed by atoms with E-state index < -0.39 is 11.4 Å². The first-order chi connectivity index (χ1) is 13.1. The van der Waals surface area contributed by atoms with Crippen molar-refractivity contribution in [3.05, 3.63) is 71.3 Å². The molecule has 1 unspecified atom stereocenters. The molecular formula is C22H25NO4. The van der Waals surface area contributed by atoms with Gasteiger partial charge in [0.25, 0.3) is 5.91 Å². The number of carboxylic acid groups (broad SMARTS) is 1. The molecule has 1 heterocycles. The molecule has 1 fully saturated rings. The molecule has 1 amide bonds. The van der Waals surface area contributed by atoms with Gasteiger partial charge in [-0.05, 0) is 36.5 Å². The molecule has 0 aliphatic carbocycles. The van der Waals surface area contributed by atoms with Gasteiger partial charge in [-0.15, -0.1) is 0 Å². The van der Waals surface area contributed by atoms with Crippen LogP contribution in [0.3, 0.4) is 0 Å². The molecule has 1 aliphatic rings. The zero-order valence-corrected chi connectivity index (χ0v) is 15.6. The van der Waals surface area contributed by atoms with Gasteiger partial charge in [-0.3, -0.25) is 9.59 Å². The average Bonchev–Trinajstić information content (AvgIpc) is 3.13. The number of benzene rings is 2. The van der Waals surface area contributed by atoms with E-state index in [4.69, 9.17) is 4.74 Å². The Labute approximate surface area is 159 Å². The second kappa shape index (κ2) is 8.35. The molecule has 3 rings (SSSR count). The summed E-state index contributed by atoms with van der Waals surface area (Å²) in [4.78, 5) is 26.5. The summed E-state index contributed by atoms with van der Waals surface area (Å²) in [7, 11) is 1.49. The number of hydrogen-bond donors (Lipinski definition) is 1. The second-order valence-corrected chi connectivity index (χ2v) is 7.14. The van der Waals surface area contributed by atoms with Gasteiger partial charge < -0.3 is 14.7 Å². The van der Waals surface area contributed by atoms with Crippen molar-refractivity contribution < 1.29 is 19.4 Å². The molecule has 1 aliphatic heterocycles. The average molecular weight is 367 g/mol. The predicted molar refractivity (Wildman–Crippen MR) is 103 cm³/mol. The Balaban J connectivity index is 1.75. The lowest BCUT2D eigenvalue weighted by Gasteiger charge is -2.24. The number of carbonyl (C=O) groups is 2. The summed E-state index contributed by atoms with van der Waals surface area (Å²) in [6.45, 7) is 0.727. The molecule has 5 nitrogen and oxygen atoms in total. The molecule has 27 heavy (non-hydrogen) atoms. The highest BCUT2D eigenvalue weighted by Crippen LogP contribution is 2.32. The maximum Gasteiger partial charge on any atom is 0.313 e. The van der Waals surface area contributed by atoms with Gasteiger partial charge in [-0.1, -0.05) is 48.5 Å². The molecule has 2 aromatic rings. The van der Waals surface area contributed by atoms with E-state index in [1.807, 2.05) is 42.5 Å². The van der Waals surface area contributed by atoms with Crippen molar-refractivity contribution in [2.24, 2.45) is 5.41 Å². The van der Waals surface area contributed by atoms with Gasteiger partial charge >= 0.3 is 5.97 Å². The third-order valence-electron chi connectivity index (χ3n) is 5.29. The fraction of sp³-hybridized carbons (Fsp3) is 0.364. The van der Waals surface area contributed by atoms with Crippen LogP contribution < -0.4 is 0 Å². The number of methoxy groups -OCH3 is 1. The quantitative estimate of drug-likeness (QED) is 0.817. The summed E-state index contributed by atoms with van der Waals surface area (Å²) >= 11 is 0. The maximum absolute atomic E-state index is 13.1. The number of carboxylic acids is 1. The lowest BCUT2D eigenvalue weighted by Crippen LogP contribution is -2.40. The molecule has 0 bridgehead atoms. The maximum atomic E-state index is 13.1. The van der Waals surface area contributed by atoms with Gasteiger partial charge in [-0.25, -0.2) is 0 Å². The van der Waals surface area contributed by atoms with Crippen molar-refractivity contribution in [1.82, 2.24) is 4.90 Å². The van der Waals surface area contributed by atoms with Gasteiger partial charge in [0.1, 0.15) is 5.41 Å². The largest absolute Gasteiger partial charge is 0.481 e. The van der Waals surface area contributed by atoms with Crippen LogP contribution in [0.5, 0.6) is 0 Å². The molecule has 1 N–H and O–H groups in total. The monoisotopic (exact) mass is 367 g/mol. The number of aliphatic carboxylic acids is 1. The van der Waals surface area contributed by atoms with E-state index in [-0.39, 0.29) is 19.1 Å². The van der Waals surface area contributed by atoms with Crippen molar-refractivity contribution in [3.63, 3.8) is 0 Å². The normalized spacial score (nSPS) is 19.2. The molecule has 0 aromatic heterocycles. The van der Waals surface area contributed by atoms with Crippen LogP contribution in [0.4, 0.5) is 0 Å². The molecule has 1 atom stereocenters. The second-order valence-electron chi connectivity index (χ2n) is 7.14. The highest BCUT2D eigenvalue weighted by molar-refractivity contribution is 5.96. The number of aryl methyl sites for hydroxylation is 2. The summed E-state index contributed by atoms with van der Waals surface area (Å²) in [6, 6.07) is 17.8. The Morgan fingerprint density at radius 3 is 2.48 bits per heavy atom. The minimum atomic E-state index is -1.01. The highest BCUT2D eigenvalue weighted by Gasteiger charge is 2.46. The lowest BCUT2D eigenvalue weighted by atomic mass is 9.88. The Bertz CT molecular complexity index is 805. The van der Waals surface area contributed by atoms with Crippen LogP contribution in [-0.2, 0) is 22.4 Å². The van der Waals surface area contributed by atoms with E-state index in [2.05, 4.69) is 12.1 Å². The first kappa shape index (κ1) is 19.1. The van der Waals surface area contributed by atoms with Crippen molar-refractivity contribution >= 4 is 11.9 Å². The van der Waals surface area contributed by atoms with Crippen LogP contribution in [0.25, 0.3) is 0 Å². The SMILES string of the molecule is COCC1(C(=O)O)CCN(C(=O)c2ccccc2CCc2ccccc2)C1. The van der Waals surface area contributed by atoms with E-state index in [1.165, 1.54) is 12.7 Å². The number of ether oxygens (including phenoxy) is 1. The number of hydrogen-bond acceptors (Lipinski definition) is 3. The van der Waals surface area contributed by atoms with Crippen LogP contribution in [0, 0.1) is 5.41 Å². The summed E-state index contributed by atoms with van der Waals surface area (Å²) in [5.74, 6) is -1.00. The fourth-order valence-corrected chi connectivity index (χ4v) is 3.72. The van der Waals surface area contributed by atoms with Crippen molar-refractivity contribution in [2.75, 3.05) is 26.8 Å². The van der Waals surface area contributed by atoms with Crippen molar-refractivity contribution in [2.45, 2.75) is 19.3 Å². The van der Waals surface area contributed by atoms with Crippen LogP contribution in [0.2, 0.25) is 0 Å². The zero-order chi connectivity index (χ0) is 19.3. The summed E-state index contributed by atoms with van der Waals surface area (Å²) in [6.07, 6.45) is 2.03. The molecule has 1 saturated heterocycles. The van der Waals surface area contributed by atoms with E-state index in [0.29, 0.717) is 18.5 Å². The first-order valence-corrected chi connectivity index (χ1v) is 9.19. The van der Waals surface area contributed by atoms with Crippen LogP contribution >= 0.6 is 0 Å². The standard InChI is InChI=1S/C22H25NO4/c1-27-16-22(21(25)26)13-14-23(15-22)20(24)19-10-6-5-9-18(19)12-11-17-7-3-2-4-8-17/h2-10H,11-16H2,1H3,(H,25,26). The lowest BCUT2D eigenvalue weighted by molar-refractivity contribution is -0.151. The van der Waals surface area contributed by atoms with Gasteiger partial charge in [-0.2, -0.15) is 0 Å². The van der Waals surface area contributed by atoms with E-state index in [9.17, 15) is 14.7 Å². The topological polar surface area (TPSA) is 66.8 Å². The van der Waals surface area contributed by atoms with Crippen molar-refractivity contribution in [1.29, 1.82) is 0 Å². The Morgan fingerprint density at radius 2 is 1.78 bits per heavy atom. The van der Waals surface area contributed by atoms with Crippen LogP contribution in [0.1, 0.15) is 27.9 Å². The van der Waals surface area contributed by atoms with Gasteiger partial charge in [0, 0.05) is 25.8 Å². The summed E-state index contributed by atoms with van der Waals surface area (Å²) < 4.78 is 5.12. The first-order valence-electron chi connectivity index (χ1n) is 9.19. The van der Waals surface area contributed by atoms with Crippen LogP contribution in [0.15, 0.2) is 54.6 Å². The van der Waals surface area contributed by atoms with E-state index in [0.717, 1.165) is 18.4 Å². The molecule has 0 radical (unpaired) electrons. The number of carbonyl (C=O) groups excluding carboxylic acids is 1. The molecular weight excluding hydrogens is 342 g/mol.